The first-order valence-electron chi connectivity index (χ1n) is 6.68. The number of likely N-dealkylation sites (tertiary alicyclic amines) is 1. The molecule has 1 aliphatic heterocycles. The third-order valence-corrected chi connectivity index (χ3v) is 3.36. The second kappa shape index (κ2) is 6.38. The molecule has 0 aliphatic carbocycles. The number of rotatable bonds is 6. The highest BCUT2D eigenvalue weighted by Crippen LogP contribution is 2.14. The number of primary amides is 1. The smallest absolute Gasteiger partial charge is 0.250 e. The van der Waals surface area contributed by atoms with E-state index < -0.39 is 5.91 Å². The third kappa shape index (κ3) is 3.82. The molecule has 1 fully saturated rings. The number of nitrogens with zero attached hydrogens (tertiary/aromatic N) is 2. The number of nitrogens with one attached hydrogen (secondary N) is 1. The Morgan fingerprint density at radius 1 is 1.42 bits per heavy atom. The Balaban J connectivity index is 1.79. The number of hydrogen-bond acceptors (Lipinski definition) is 5. The van der Waals surface area contributed by atoms with Crippen molar-refractivity contribution in [2.24, 2.45) is 5.73 Å². The maximum absolute atomic E-state index is 11.2. The van der Waals surface area contributed by atoms with Crippen molar-refractivity contribution < 1.29 is 4.79 Å². The summed E-state index contributed by atoms with van der Waals surface area (Å²) in [5.74, 6) is 0.115. The standard InChI is InChI=1S/C13H21N5O/c14-11-9-17-12(8-10(11)13(15)19)16-4-3-7-18-5-1-2-6-18/h8-9H,1-7,14H2,(H2,15,19)(H,16,17). The molecule has 1 aliphatic rings. The zero-order chi connectivity index (χ0) is 13.7. The largest absolute Gasteiger partial charge is 0.397 e. The predicted molar refractivity (Wildman–Crippen MR) is 75.9 cm³/mol. The van der Waals surface area contributed by atoms with Gasteiger partial charge in [-0.1, -0.05) is 0 Å². The van der Waals surface area contributed by atoms with Gasteiger partial charge >= 0.3 is 0 Å². The number of nitrogen functional groups attached to an aromatic ring is 1. The van der Waals surface area contributed by atoms with Crippen molar-refractivity contribution >= 4 is 17.4 Å². The van der Waals surface area contributed by atoms with Gasteiger partial charge in [0.2, 0.25) is 0 Å². The van der Waals surface area contributed by atoms with Crippen LogP contribution in [0.25, 0.3) is 0 Å². The fourth-order valence-corrected chi connectivity index (χ4v) is 2.30. The van der Waals surface area contributed by atoms with Crippen LogP contribution in [0.3, 0.4) is 0 Å². The third-order valence-electron chi connectivity index (χ3n) is 3.36. The van der Waals surface area contributed by atoms with Crippen molar-refractivity contribution in [3.8, 4) is 0 Å². The van der Waals surface area contributed by atoms with E-state index in [1.165, 1.54) is 32.1 Å². The zero-order valence-electron chi connectivity index (χ0n) is 11.1. The Kier molecular flexibility index (Phi) is 4.57. The number of pyridine rings is 1. The van der Waals surface area contributed by atoms with Gasteiger partial charge < -0.3 is 21.7 Å². The van der Waals surface area contributed by atoms with Crippen LogP contribution < -0.4 is 16.8 Å². The molecule has 0 bridgehead atoms. The molecule has 0 radical (unpaired) electrons. The minimum atomic E-state index is -0.528. The molecule has 1 aromatic rings. The molecule has 1 amide bonds. The monoisotopic (exact) mass is 263 g/mol. The van der Waals surface area contributed by atoms with Gasteiger partial charge in [-0.3, -0.25) is 4.79 Å². The van der Waals surface area contributed by atoms with Crippen molar-refractivity contribution in [3.63, 3.8) is 0 Å². The number of amides is 1. The summed E-state index contributed by atoms with van der Waals surface area (Å²) in [7, 11) is 0. The maximum atomic E-state index is 11.2. The Labute approximate surface area is 113 Å². The molecular weight excluding hydrogens is 242 g/mol. The van der Waals surface area contributed by atoms with Gasteiger partial charge in [0.1, 0.15) is 5.82 Å². The van der Waals surface area contributed by atoms with Gasteiger partial charge in [-0.25, -0.2) is 4.98 Å². The SMILES string of the molecule is NC(=O)c1cc(NCCCN2CCCC2)ncc1N. The second-order valence-electron chi connectivity index (χ2n) is 4.85. The molecule has 0 spiro atoms. The first-order chi connectivity index (χ1) is 9.16. The summed E-state index contributed by atoms with van der Waals surface area (Å²) in [4.78, 5) is 17.8. The summed E-state index contributed by atoms with van der Waals surface area (Å²) in [6.07, 6.45) is 5.14. The second-order valence-corrected chi connectivity index (χ2v) is 4.85. The Morgan fingerprint density at radius 3 is 2.84 bits per heavy atom. The Bertz CT molecular complexity index is 443. The van der Waals surface area contributed by atoms with Crippen molar-refractivity contribution in [3.05, 3.63) is 17.8 Å². The van der Waals surface area contributed by atoms with Crippen LogP contribution in [0.4, 0.5) is 11.5 Å². The summed E-state index contributed by atoms with van der Waals surface area (Å²) >= 11 is 0. The van der Waals surface area contributed by atoms with Crippen LogP contribution in [0.15, 0.2) is 12.3 Å². The predicted octanol–water partition coefficient (Wildman–Crippen LogP) is 0.660. The summed E-state index contributed by atoms with van der Waals surface area (Å²) in [6, 6.07) is 1.60. The minimum absolute atomic E-state index is 0.315. The van der Waals surface area contributed by atoms with Gasteiger partial charge in [0.05, 0.1) is 17.4 Å². The van der Waals surface area contributed by atoms with E-state index in [-0.39, 0.29) is 0 Å². The van der Waals surface area contributed by atoms with Crippen LogP contribution in [-0.2, 0) is 0 Å². The highest BCUT2D eigenvalue weighted by molar-refractivity contribution is 5.98. The van der Waals surface area contributed by atoms with E-state index in [9.17, 15) is 4.79 Å². The molecule has 0 saturated carbocycles. The lowest BCUT2D eigenvalue weighted by Crippen LogP contribution is -2.22. The first kappa shape index (κ1) is 13.6. The van der Waals surface area contributed by atoms with E-state index in [2.05, 4.69) is 15.2 Å². The zero-order valence-corrected chi connectivity index (χ0v) is 11.1. The molecule has 2 rings (SSSR count). The molecule has 19 heavy (non-hydrogen) atoms. The molecule has 0 atom stereocenters. The Morgan fingerprint density at radius 2 is 2.16 bits per heavy atom. The molecule has 6 heteroatoms. The number of nitrogens with two attached hydrogens (primary N) is 2. The van der Waals surface area contributed by atoms with Gasteiger partial charge in [0.15, 0.2) is 0 Å². The number of carbonyl (C=O) groups excluding carboxylic acids is 1. The average molecular weight is 263 g/mol. The molecule has 1 aromatic heterocycles. The lowest BCUT2D eigenvalue weighted by molar-refractivity contribution is 0.100. The molecule has 0 unspecified atom stereocenters. The summed E-state index contributed by atoms with van der Waals surface area (Å²) in [6.45, 7) is 4.36. The fourth-order valence-electron chi connectivity index (χ4n) is 2.30. The summed E-state index contributed by atoms with van der Waals surface area (Å²) in [5, 5.41) is 3.19. The van der Waals surface area contributed by atoms with Crippen molar-refractivity contribution in [2.45, 2.75) is 19.3 Å². The number of carbonyl (C=O) groups is 1. The maximum Gasteiger partial charge on any atom is 0.250 e. The van der Waals surface area contributed by atoms with E-state index >= 15 is 0 Å². The topological polar surface area (TPSA) is 97.3 Å². The van der Waals surface area contributed by atoms with Crippen LogP contribution >= 0.6 is 0 Å². The van der Waals surface area contributed by atoms with E-state index in [0.717, 1.165) is 19.5 Å². The normalized spacial score (nSPS) is 15.6. The van der Waals surface area contributed by atoms with Gasteiger partial charge in [-0.2, -0.15) is 0 Å². The van der Waals surface area contributed by atoms with Gasteiger partial charge in [0.25, 0.3) is 5.91 Å². The molecule has 5 N–H and O–H groups in total. The molecule has 6 nitrogen and oxygen atoms in total. The Hall–Kier alpha value is -1.82. The highest BCUT2D eigenvalue weighted by atomic mass is 16.1. The van der Waals surface area contributed by atoms with Crippen LogP contribution in [0.2, 0.25) is 0 Å². The lowest BCUT2D eigenvalue weighted by atomic mass is 10.2. The van der Waals surface area contributed by atoms with Gasteiger partial charge in [-0.15, -0.1) is 0 Å². The lowest BCUT2D eigenvalue weighted by Gasteiger charge is -2.14. The highest BCUT2D eigenvalue weighted by Gasteiger charge is 2.10. The number of hydrogen-bond donors (Lipinski definition) is 3. The van der Waals surface area contributed by atoms with Crippen LogP contribution in [-0.4, -0.2) is 42.0 Å². The molecule has 104 valence electrons. The van der Waals surface area contributed by atoms with Crippen molar-refractivity contribution in [2.75, 3.05) is 37.2 Å². The molecular formula is C13H21N5O. The van der Waals surface area contributed by atoms with E-state index in [1.54, 1.807) is 6.07 Å². The average Bonchev–Trinajstić information content (AvgIpc) is 2.89. The molecule has 2 heterocycles. The first-order valence-corrected chi connectivity index (χ1v) is 6.68. The van der Waals surface area contributed by atoms with Crippen LogP contribution in [0.5, 0.6) is 0 Å². The minimum Gasteiger partial charge on any atom is -0.397 e. The van der Waals surface area contributed by atoms with Crippen LogP contribution in [0.1, 0.15) is 29.6 Å². The molecule has 0 aromatic carbocycles. The number of anilines is 2. The van der Waals surface area contributed by atoms with Crippen molar-refractivity contribution in [1.29, 1.82) is 0 Å². The number of aromatic nitrogens is 1. The van der Waals surface area contributed by atoms with E-state index in [4.69, 9.17) is 11.5 Å². The van der Waals surface area contributed by atoms with E-state index in [0.29, 0.717) is 17.1 Å². The summed E-state index contributed by atoms with van der Waals surface area (Å²) < 4.78 is 0. The van der Waals surface area contributed by atoms with E-state index in [1.807, 2.05) is 0 Å². The fraction of sp³-hybridized carbons (Fsp3) is 0.538. The molecule has 1 saturated heterocycles. The van der Waals surface area contributed by atoms with Gasteiger partial charge in [0, 0.05) is 6.54 Å². The summed E-state index contributed by atoms with van der Waals surface area (Å²) in [5.41, 5.74) is 11.5. The van der Waals surface area contributed by atoms with Gasteiger partial charge in [-0.05, 0) is 45.0 Å². The van der Waals surface area contributed by atoms with Crippen molar-refractivity contribution in [1.82, 2.24) is 9.88 Å². The van der Waals surface area contributed by atoms with Crippen LogP contribution in [0, 0.1) is 0 Å². The quantitative estimate of drug-likeness (QED) is 0.655.